The standard InChI is InChI=1S/C21H17ClFN3O2/c22-16-8-4-14(5-9-16)12-24-20(27)18-2-1-3-19(26-18)21(28)25-13-15-6-10-17(23)11-7-15/h1-11H,12-13H2,(H,24,27)(H,25,28). The van der Waals surface area contributed by atoms with Crippen LogP contribution in [0.2, 0.25) is 5.02 Å². The maximum Gasteiger partial charge on any atom is 0.270 e. The van der Waals surface area contributed by atoms with E-state index in [1.165, 1.54) is 24.3 Å². The monoisotopic (exact) mass is 397 g/mol. The summed E-state index contributed by atoms with van der Waals surface area (Å²) in [6.45, 7) is 0.548. The van der Waals surface area contributed by atoms with Crippen LogP contribution in [0.5, 0.6) is 0 Å². The van der Waals surface area contributed by atoms with E-state index in [0.29, 0.717) is 11.6 Å². The lowest BCUT2D eigenvalue weighted by Crippen LogP contribution is -2.27. The van der Waals surface area contributed by atoms with Crippen molar-refractivity contribution in [2.45, 2.75) is 13.1 Å². The van der Waals surface area contributed by atoms with Gasteiger partial charge in [0.25, 0.3) is 11.8 Å². The van der Waals surface area contributed by atoms with Crippen molar-refractivity contribution in [1.82, 2.24) is 15.6 Å². The van der Waals surface area contributed by atoms with Crippen molar-refractivity contribution >= 4 is 23.4 Å². The van der Waals surface area contributed by atoms with Crippen LogP contribution in [-0.4, -0.2) is 16.8 Å². The zero-order valence-corrected chi connectivity index (χ0v) is 15.5. The Balaban J connectivity index is 1.58. The lowest BCUT2D eigenvalue weighted by Gasteiger charge is -2.08. The van der Waals surface area contributed by atoms with Crippen molar-refractivity contribution in [3.8, 4) is 0 Å². The van der Waals surface area contributed by atoms with Gasteiger partial charge >= 0.3 is 0 Å². The fourth-order valence-corrected chi connectivity index (χ4v) is 2.56. The molecule has 0 aliphatic heterocycles. The molecule has 0 saturated heterocycles. The molecule has 0 fully saturated rings. The van der Waals surface area contributed by atoms with E-state index in [1.54, 1.807) is 30.3 Å². The maximum absolute atomic E-state index is 12.9. The lowest BCUT2D eigenvalue weighted by molar-refractivity contribution is 0.0941. The van der Waals surface area contributed by atoms with Crippen molar-refractivity contribution in [2.24, 2.45) is 0 Å². The number of benzene rings is 2. The lowest BCUT2D eigenvalue weighted by atomic mass is 10.2. The first-order chi connectivity index (χ1) is 13.5. The van der Waals surface area contributed by atoms with Crippen LogP contribution >= 0.6 is 11.6 Å². The number of nitrogens with zero attached hydrogens (tertiary/aromatic N) is 1. The zero-order valence-electron chi connectivity index (χ0n) is 14.8. The average molecular weight is 398 g/mol. The van der Waals surface area contributed by atoms with Gasteiger partial charge in [0, 0.05) is 18.1 Å². The van der Waals surface area contributed by atoms with Crippen molar-refractivity contribution in [3.63, 3.8) is 0 Å². The van der Waals surface area contributed by atoms with Crippen molar-refractivity contribution in [1.29, 1.82) is 0 Å². The molecule has 7 heteroatoms. The Hall–Kier alpha value is -3.25. The Kier molecular flexibility index (Phi) is 6.34. The van der Waals surface area contributed by atoms with Crippen LogP contribution in [0.25, 0.3) is 0 Å². The topological polar surface area (TPSA) is 71.1 Å². The minimum Gasteiger partial charge on any atom is -0.347 e. The second-order valence-corrected chi connectivity index (χ2v) is 6.46. The molecule has 0 aliphatic rings. The molecule has 3 aromatic rings. The largest absolute Gasteiger partial charge is 0.347 e. The SMILES string of the molecule is O=C(NCc1ccc(F)cc1)c1cccc(C(=O)NCc2ccc(Cl)cc2)n1. The summed E-state index contributed by atoms with van der Waals surface area (Å²) in [6.07, 6.45) is 0. The summed E-state index contributed by atoms with van der Waals surface area (Å²) in [5.74, 6) is -1.14. The van der Waals surface area contributed by atoms with Crippen LogP contribution in [0.15, 0.2) is 66.7 Å². The highest BCUT2D eigenvalue weighted by Gasteiger charge is 2.12. The van der Waals surface area contributed by atoms with Crippen molar-refractivity contribution in [2.75, 3.05) is 0 Å². The first kappa shape index (κ1) is 19.5. The number of rotatable bonds is 6. The highest BCUT2D eigenvalue weighted by molar-refractivity contribution is 6.30. The number of pyridine rings is 1. The molecule has 0 saturated carbocycles. The highest BCUT2D eigenvalue weighted by atomic mass is 35.5. The van der Waals surface area contributed by atoms with Crippen molar-refractivity contribution < 1.29 is 14.0 Å². The van der Waals surface area contributed by atoms with E-state index in [1.807, 2.05) is 12.1 Å². The maximum atomic E-state index is 12.9. The molecule has 0 radical (unpaired) electrons. The summed E-state index contributed by atoms with van der Waals surface area (Å²) in [5, 5.41) is 6.07. The summed E-state index contributed by atoms with van der Waals surface area (Å²) in [4.78, 5) is 28.7. The normalized spacial score (nSPS) is 10.4. The van der Waals surface area contributed by atoms with Gasteiger partial charge in [-0.15, -0.1) is 0 Å². The third kappa shape index (κ3) is 5.37. The number of carbonyl (C=O) groups is 2. The third-order valence-corrected chi connectivity index (χ3v) is 4.20. The summed E-state index contributed by atoms with van der Waals surface area (Å²) in [6, 6.07) is 17.6. The van der Waals surface area contributed by atoms with Crippen LogP contribution in [0.3, 0.4) is 0 Å². The molecule has 142 valence electrons. The van der Waals surface area contributed by atoms with Gasteiger partial charge in [-0.3, -0.25) is 9.59 Å². The Morgan fingerprint density at radius 1 is 0.786 bits per heavy atom. The van der Waals surface area contributed by atoms with Gasteiger partial charge in [-0.2, -0.15) is 0 Å². The molecule has 3 rings (SSSR count). The molecule has 2 aromatic carbocycles. The van der Waals surface area contributed by atoms with E-state index in [-0.39, 0.29) is 29.7 Å². The van der Waals surface area contributed by atoms with Gasteiger partial charge in [0.15, 0.2) is 0 Å². The number of carbonyl (C=O) groups excluding carboxylic acids is 2. The molecule has 0 unspecified atom stereocenters. The smallest absolute Gasteiger partial charge is 0.270 e. The molecule has 0 spiro atoms. The van der Waals surface area contributed by atoms with E-state index in [4.69, 9.17) is 11.6 Å². The number of halogens is 2. The van der Waals surface area contributed by atoms with Crippen LogP contribution in [0.4, 0.5) is 4.39 Å². The molecule has 2 amide bonds. The number of hydrogen-bond donors (Lipinski definition) is 2. The number of amides is 2. The van der Waals surface area contributed by atoms with Crippen LogP contribution in [0.1, 0.15) is 32.1 Å². The second-order valence-electron chi connectivity index (χ2n) is 6.03. The average Bonchev–Trinajstić information content (AvgIpc) is 2.72. The first-order valence-electron chi connectivity index (χ1n) is 8.53. The molecular formula is C21H17ClFN3O2. The van der Waals surface area contributed by atoms with E-state index in [9.17, 15) is 14.0 Å². The Morgan fingerprint density at radius 3 is 1.75 bits per heavy atom. The Labute approximate surface area is 166 Å². The minimum absolute atomic E-state index is 0.126. The van der Waals surface area contributed by atoms with E-state index in [2.05, 4.69) is 15.6 Å². The highest BCUT2D eigenvalue weighted by Crippen LogP contribution is 2.09. The van der Waals surface area contributed by atoms with Gasteiger partial charge in [-0.05, 0) is 47.5 Å². The predicted octanol–water partition coefficient (Wildman–Crippen LogP) is 3.73. The fourth-order valence-electron chi connectivity index (χ4n) is 2.44. The quantitative estimate of drug-likeness (QED) is 0.665. The number of nitrogens with one attached hydrogen (secondary N) is 2. The van der Waals surface area contributed by atoms with Gasteiger partial charge in [0.2, 0.25) is 0 Å². The molecule has 5 nitrogen and oxygen atoms in total. The molecule has 0 bridgehead atoms. The minimum atomic E-state index is -0.420. The Morgan fingerprint density at radius 2 is 1.25 bits per heavy atom. The van der Waals surface area contributed by atoms with Gasteiger partial charge < -0.3 is 10.6 Å². The summed E-state index contributed by atoms with van der Waals surface area (Å²) >= 11 is 5.84. The number of hydrogen-bond acceptors (Lipinski definition) is 3. The molecular weight excluding hydrogens is 381 g/mol. The van der Waals surface area contributed by atoms with Crippen LogP contribution in [0, 0.1) is 5.82 Å². The van der Waals surface area contributed by atoms with Crippen LogP contribution in [-0.2, 0) is 13.1 Å². The summed E-state index contributed by atoms with van der Waals surface area (Å²) in [5.41, 5.74) is 1.92. The fraction of sp³-hybridized carbons (Fsp3) is 0.0952. The van der Waals surface area contributed by atoms with Crippen LogP contribution < -0.4 is 10.6 Å². The third-order valence-electron chi connectivity index (χ3n) is 3.95. The van der Waals surface area contributed by atoms with Gasteiger partial charge in [0.1, 0.15) is 17.2 Å². The first-order valence-corrected chi connectivity index (χ1v) is 8.91. The summed E-state index contributed by atoms with van der Waals surface area (Å²) < 4.78 is 12.9. The van der Waals surface area contributed by atoms with E-state index < -0.39 is 5.91 Å². The van der Waals surface area contributed by atoms with E-state index in [0.717, 1.165) is 11.1 Å². The second kappa shape index (κ2) is 9.10. The molecule has 1 heterocycles. The summed E-state index contributed by atoms with van der Waals surface area (Å²) in [7, 11) is 0. The molecule has 1 aromatic heterocycles. The van der Waals surface area contributed by atoms with E-state index >= 15 is 0 Å². The van der Waals surface area contributed by atoms with Crippen molar-refractivity contribution in [3.05, 3.63) is 100 Å². The molecule has 0 atom stereocenters. The molecule has 28 heavy (non-hydrogen) atoms. The molecule has 0 aliphatic carbocycles. The molecule has 2 N–H and O–H groups in total. The zero-order chi connectivity index (χ0) is 19.9. The van der Waals surface area contributed by atoms with Gasteiger partial charge in [0.05, 0.1) is 0 Å². The van der Waals surface area contributed by atoms with Gasteiger partial charge in [-0.25, -0.2) is 9.37 Å². The Bertz CT molecular complexity index is 899. The van der Waals surface area contributed by atoms with Gasteiger partial charge in [-0.1, -0.05) is 41.9 Å². The number of aromatic nitrogens is 1. The predicted molar refractivity (Wildman–Crippen MR) is 104 cm³/mol.